The van der Waals surface area contributed by atoms with Gasteiger partial charge in [-0.25, -0.2) is 0 Å². The van der Waals surface area contributed by atoms with Crippen LogP contribution in [0.15, 0.2) is 53.0 Å². The molecule has 3 rings (SSSR count). The lowest BCUT2D eigenvalue weighted by molar-refractivity contribution is -0.119. The topological polar surface area (TPSA) is 17.1 Å². The van der Waals surface area contributed by atoms with E-state index in [9.17, 15) is 4.79 Å². The third-order valence-corrected chi connectivity index (χ3v) is 4.53. The van der Waals surface area contributed by atoms with Crippen LogP contribution in [0.25, 0.3) is 0 Å². The zero-order valence-corrected chi connectivity index (χ0v) is 13.1. The predicted molar refractivity (Wildman–Crippen MR) is 84.9 cm³/mol. The van der Waals surface area contributed by atoms with E-state index in [1.165, 1.54) is 11.1 Å². The van der Waals surface area contributed by atoms with E-state index < -0.39 is 0 Å². The molecule has 0 unspecified atom stereocenters. The van der Waals surface area contributed by atoms with Gasteiger partial charge >= 0.3 is 0 Å². The van der Waals surface area contributed by atoms with Gasteiger partial charge in [-0.05, 0) is 42.5 Å². The van der Waals surface area contributed by atoms with Crippen molar-refractivity contribution in [3.05, 3.63) is 69.7 Å². The summed E-state index contributed by atoms with van der Waals surface area (Å²) in [6.45, 7) is 2.07. The first-order valence-electron chi connectivity index (χ1n) is 6.97. The van der Waals surface area contributed by atoms with Gasteiger partial charge in [0.25, 0.3) is 0 Å². The van der Waals surface area contributed by atoms with E-state index >= 15 is 0 Å². The maximum absolute atomic E-state index is 12.3. The van der Waals surface area contributed by atoms with E-state index in [0.717, 1.165) is 16.5 Å². The van der Waals surface area contributed by atoms with Crippen LogP contribution in [0, 0.1) is 12.8 Å². The van der Waals surface area contributed by atoms with Gasteiger partial charge in [0.05, 0.1) is 0 Å². The van der Waals surface area contributed by atoms with Crippen molar-refractivity contribution in [1.82, 2.24) is 0 Å². The second kappa shape index (κ2) is 5.53. The molecule has 1 saturated carbocycles. The average Bonchev–Trinajstić information content (AvgIpc) is 3.23. The normalized spacial score (nSPS) is 20.7. The summed E-state index contributed by atoms with van der Waals surface area (Å²) >= 11 is 3.44. The molecule has 0 heterocycles. The summed E-state index contributed by atoms with van der Waals surface area (Å²) in [6.07, 6.45) is 1.57. The molecule has 102 valence electrons. The van der Waals surface area contributed by atoms with Crippen LogP contribution in [-0.2, 0) is 11.2 Å². The molecule has 1 fully saturated rings. The Bertz CT molecular complexity index is 613. The van der Waals surface area contributed by atoms with Gasteiger partial charge in [0.2, 0.25) is 0 Å². The third kappa shape index (κ3) is 3.01. The molecule has 2 heteroatoms. The average molecular weight is 329 g/mol. The molecular weight excluding hydrogens is 312 g/mol. The molecule has 2 atom stereocenters. The first kappa shape index (κ1) is 13.6. The summed E-state index contributed by atoms with van der Waals surface area (Å²) < 4.78 is 1.09. The summed E-state index contributed by atoms with van der Waals surface area (Å²) in [5, 5.41) is 0. The van der Waals surface area contributed by atoms with Crippen molar-refractivity contribution < 1.29 is 4.79 Å². The van der Waals surface area contributed by atoms with Gasteiger partial charge in [0.1, 0.15) is 5.78 Å². The van der Waals surface area contributed by atoms with Crippen LogP contribution >= 0.6 is 15.9 Å². The summed E-state index contributed by atoms with van der Waals surface area (Å²) in [6, 6.07) is 16.6. The molecule has 0 saturated heterocycles. The highest BCUT2D eigenvalue weighted by Crippen LogP contribution is 2.48. The minimum absolute atomic E-state index is 0.220. The number of carbonyl (C=O) groups excluding carboxylic acids is 1. The van der Waals surface area contributed by atoms with Gasteiger partial charge in [0, 0.05) is 16.8 Å². The fraction of sp³-hybridized carbons (Fsp3) is 0.278. The molecule has 0 bridgehead atoms. The molecule has 0 amide bonds. The van der Waals surface area contributed by atoms with E-state index in [0.29, 0.717) is 18.1 Å². The summed E-state index contributed by atoms with van der Waals surface area (Å²) in [5.74, 6) is 1.03. The monoisotopic (exact) mass is 328 g/mol. The summed E-state index contributed by atoms with van der Waals surface area (Å²) in [5.41, 5.74) is 3.65. The molecule has 0 aromatic heterocycles. The smallest absolute Gasteiger partial charge is 0.140 e. The highest BCUT2D eigenvalue weighted by atomic mass is 79.9. The quantitative estimate of drug-likeness (QED) is 0.796. The Labute approximate surface area is 128 Å². The van der Waals surface area contributed by atoms with Crippen LogP contribution in [-0.4, -0.2) is 5.78 Å². The second-order valence-corrected chi connectivity index (χ2v) is 6.54. The number of ketones is 1. The number of carbonyl (C=O) groups is 1. The summed E-state index contributed by atoms with van der Waals surface area (Å²) in [4.78, 5) is 12.3. The zero-order valence-electron chi connectivity index (χ0n) is 11.5. The van der Waals surface area contributed by atoms with E-state index in [-0.39, 0.29) is 5.92 Å². The molecule has 2 aromatic rings. The molecule has 0 N–H and O–H groups in total. The Hall–Kier alpha value is -1.41. The zero-order chi connectivity index (χ0) is 14.1. The molecule has 0 spiro atoms. The van der Waals surface area contributed by atoms with Crippen LogP contribution < -0.4 is 0 Å². The second-order valence-electron chi connectivity index (χ2n) is 5.63. The number of hydrogen-bond acceptors (Lipinski definition) is 1. The van der Waals surface area contributed by atoms with Crippen LogP contribution in [0.3, 0.4) is 0 Å². The lowest BCUT2D eigenvalue weighted by atomic mass is 10.0. The lowest BCUT2D eigenvalue weighted by Gasteiger charge is -2.03. The van der Waals surface area contributed by atoms with Gasteiger partial charge in [-0.3, -0.25) is 4.79 Å². The minimum Gasteiger partial charge on any atom is -0.299 e. The van der Waals surface area contributed by atoms with Crippen LogP contribution in [0.2, 0.25) is 0 Å². The fourth-order valence-electron chi connectivity index (χ4n) is 2.67. The van der Waals surface area contributed by atoms with Gasteiger partial charge in [-0.15, -0.1) is 0 Å². The van der Waals surface area contributed by atoms with Gasteiger partial charge in [-0.2, -0.15) is 0 Å². The Morgan fingerprint density at radius 1 is 1.10 bits per heavy atom. The van der Waals surface area contributed by atoms with E-state index in [1.807, 2.05) is 0 Å². The number of Topliss-reactive ketones (excluding diaryl/α,β-unsaturated/α-hetero) is 1. The van der Waals surface area contributed by atoms with Crippen molar-refractivity contribution in [2.75, 3.05) is 0 Å². The molecule has 2 aromatic carbocycles. The SMILES string of the molecule is Cc1ccc(CC(=O)[C@H]2C[C@@H]2c2ccc(Br)cc2)cc1. The van der Waals surface area contributed by atoms with Crippen molar-refractivity contribution in [2.24, 2.45) is 5.92 Å². The lowest BCUT2D eigenvalue weighted by Crippen LogP contribution is -2.06. The van der Waals surface area contributed by atoms with Crippen LogP contribution in [0.5, 0.6) is 0 Å². The first-order valence-corrected chi connectivity index (χ1v) is 7.76. The van der Waals surface area contributed by atoms with Crippen LogP contribution in [0.4, 0.5) is 0 Å². The maximum Gasteiger partial charge on any atom is 0.140 e. The Balaban J connectivity index is 1.62. The third-order valence-electron chi connectivity index (χ3n) is 4.00. The molecule has 1 aliphatic rings. The predicted octanol–water partition coefficient (Wildman–Crippen LogP) is 4.67. The molecule has 0 radical (unpaired) electrons. The van der Waals surface area contributed by atoms with Crippen molar-refractivity contribution in [1.29, 1.82) is 0 Å². The van der Waals surface area contributed by atoms with E-state index in [1.54, 1.807) is 0 Å². The first-order chi connectivity index (χ1) is 9.63. The molecule has 0 aliphatic heterocycles. The standard InChI is InChI=1S/C18H17BrO/c1-12-2-4-13(5-3-12)10-18(20)17-11-16(17)14-6-8-15(19)9-7-14/h2-9,16-17H,10-11H2,1H3/t16-,17+/m1/s1. The highest BCUT2D eigenvalue weighted by Gasteiger charge is 2.43. The molecule has 20 heavy (non-hydrogen) atoms. The number of hydrogen-bond donors (Lipinski definition) is 0. The van der Waals surface area contributed by atoms with Crippen molar-refractivity contribution in [3.8, 4) is 0 Å². The Kier molecular flexibility index (Phi) is 3.75. The van der Waals surface area contributed by atoms with Crippen molar-refractivity contribution in [3.63, 3.8) is 0 Å². The highest BCUT2D eigenvalue weighted by molar-refractivity contribution is 9.10. The summed E-state index contributed by atoms with van der Waals surface area (Å²) in [7, 11) is 0. The molecule has 1 aliphatic carbocycles. The van der Waals surface area contributed by atoms with Gasteiger partial charge in [-0.1, -0.05) is 57.9 Å². The molecule has 1 nitrogen and oxygen atoms in total. The van der Waals surface area contributed by atoms with E-state index in [4.69, 9.17) is 0 Å². The van der Waals surface area contributed by atoms with Gasteiger partial charge < -0.3 is 0 Å². The van der Waals surface area contributed by atoms with Gasteiger partial charge in [0.15, 0.2) is 0 Å². The van der Waals surface area contributed by atoms with E-state index in [2.05, 4.69) is 71.4 Å². The Morgan fingerprint density at radius 2 is 1.75 bits per heavy atom. The fourth-order valence-corrected chi connectivity index (χ4v) is 2.93. The number of rotatable bonds is 4. The number of halogens is 1. The minimum atomic E-state index is 0.220. The maximum atomic E-state index is 12.3. The largest absolute Gasteiger partial charge is 0.299 e. The molecular formula is C18H17BrO. The van der Waals surface area contributed by atoms with Crippen LogP contribution in [0.1, 0.15) is 29.0 Å². The Morgan fingerprint density at radius 3 is 2.40 bits per heavy atom. The van der Waals surface area contributed by atoms with Crippen molar-refractivity contribution >= 4 is 21.7 Å². The van der Waals surface area contributed by atoms with Crippen molar-refractivity contribution in [2.45, 2.75) is 25.7 Å². The number of benzene rings is 2. The number of aryl methyl sites for hydroxylation is 1.